The van der Waals surface area contributed by atoms with Crippen LogP contribution in [-0.4, -0.2) is 21.6 Å². The van der Waals surface area contributed by atoms with Gasteiger partial charge in [-0.05, 0) is 50.2 Å². The second kappa shape index (κ2) is 11.8. The van der Waals surface area contributed by atoms with Gasteiger partial charge in [-0.15, -0.1) is 0 Å². The summed E-state index contributed by atoms with van der Waals surface area (Å²) in [5.74, 6) is 0.389. The molecular weight excluding hydrogens is 443 g/mol. The van der Waals surface area contributed by atoms with E-state index < -0.39 is 17.0 Å². The number of phenolic OH excluding ortho intramolecular Hbond substituents is 2. The molecule has 0 saturated carbocycles. The number of phenols is 2. The van der Waals surface area contributed by atoms with Gasteiger partial charge >= 0.3 is 35.6 Å². The summed E-state index contributed by atoms with van der Waals surface area (Å²) in [4.78, 5) is 9.29. The van der Waals surface area contributed by atoms with E-state index in [4.69, 9.17) is 18.6 Å². The monoisotopic (exact) mass is 462 g/mol. The molecule has 0 aromatic heterocycles. The number of aromatic hydroxyl groups is 2. The zero-order valence-electron chi connectivity index (χ0n) is 16.0. The van der Waals surface area contributed by atoms with Gasteiger partial charge in [0.25, 0.3) is 0 Å². The van der Waals surface area contributed by atoms with E-state index in [0.29, 0.717) is 33.9 Å². The zero-order chi connectivity index (χ0) is 21.2. The summed E-state index contributed by atoms with van der Waals surface area (Å²) in [6.07, 6.45) is 0. The van der Waals surface area contributed by atoms with Crippen LogP contribution >= 0.6 is 18.6 Å². The molecule has 3 aromatic carbocycles. The van der Waals surface area contributed by atoms with Gasteiger partial charge in [0.1, 0.15) is 11.5 Å². The molecule has 4 nitrogen and oxygen atoms in total. The Kier molecular flexibility index (Phi) is 9.42. The fourth-order valence-corrected chi connectivity index (χ4v) is 2.69. The zero-order valence-corrected chi connectivity index (χ0v) is 19.0. The second-order valence-electron chi connectivity index (χ2n) is 5.99. The van der Waals surface area contributed by atoms with Gasteiger partial charge in [0.2, 0.25) is 0 Å². The van der Waals surface area contributed by atoms with Crippen LogP contribution in [0.4, 0.5) is 11.4 Å². The SMILES string of the molecule is CC(=Nc1ccccc1N=C(C)c1ccccc1O)c1ccccc1O.[Cl][Ti][Cl]. The molecule has 148 valence electrons. The van der Waals surface area contributed by atoms with Crippen molar-refractivity contribution in [1.29, 1.82) is 0 Å². The molecular formula is C22H20Cl2N2O2Ti. The second-order valence-corrected chi connectivity index (χ2v) is 8.57. The molecule has 0 spiro atoms. The Morgan fingerprint density at radius 2 is 0.966 bits per heavy atom. The van der Waals surface area contributed by atoms with Crippen molar-refractivity contribution in [2.24, 2.45) is 9.98 Å². The number of hydrogen-bond donors (Lipinski definition) is 2. The molecule has 0 aliphatic carbocycles. The summed E-state index contributed by atoms with van der Waals surface area (Å²) >= 11 is -0.556. The van der Waals surface area contributed by atoms with E-state index in [0.717, 1.165) is 0 Å². The number of aliphatic imine (C=N–C) groups is 2. The first-order valence-corrected chi connectivity index (χ1v) is 13.0. The third kappa shape index (κ3) is 6.72. The van der Waals surface area contributed by atoms with Crippen molar-refractivity contribution in [3.8, 4) is 11.5 Å². The van der Waals surface area contributed by atoms with E-state index in [2.05, 4.69) is 9.98 Å². The standard InChI is InChI=1S/C22H20N2O2.2ClH.Ti/c1-15(17-9-3-7-13-21(17)25)23-19-11-5-6-12-20(19)24-16(2)18-10-4-8-14-22(18)26;;;/h3-14,25-26H,1-2H3;2*1H;/q;;;+2/p-2. The van der Waals surface area contributed by atoms with Crippen molar-refractivity contribution >= 4 is 41.4 Å². The predicted molar refractivity (Wildman–Crippen MR) is 118 cm³/mol. The van der Waals surface area contributed by atoms with E-state index in [1.54, 1.807) is 24.3 Å². The minimum atomic E-state index is -0.556. The number of benzene rings is 3. The Morgan fingerprint density at radius 3 is 1.31 bits per heavy atom. The molecule has 2 N–H and O–H groups in total. The van der Waals surface area contributed by atoms with Crippen LogP contribution in [-0.2, 0) is 17.0 Å². The normalized spacial score (nSPS) is 11.4. The molecule has 0 amide bonds. The number of nitrogens with zero attached hydrogens (tertiary/aromatic N) is 2. The molecule has 0 radical (unpaired) electrons. The Hall–Kier alpha value is -2.11. The van der Waals surface area contributed by atoms with Gasteiger partial charge in [-0.1, -0.05) is 36.4 Å². The molecule has 0 unspecified atom stereocenters. The molecule has 7 heteroatoms. The Labute approximate surface area is 187 Å². The number of halogens is 2. The topological polar surface area (TPSA) is 65.2 Å². The van der Waals surface area contributed by atoms with E-state index in [-0.39, 0.29) is 11.5 Å². The summed E-state index contributed by atoms with van der Waals surface area (Å²) in [6.45, 7) is 3.71. The summed E-state index contributed by atoms with van der Waals surface area (Å²) in [6, 6.07) is 21.8. The molecule has 0 fully saturated rings. The van der Waals surface area contributed by atoms with E-state index in [1.165, 1.54) is 0 Å². The molecule has 29 heavy (non-hydrogen) atoms. The summed E-state index contributed by atoms with van der Waals surface area (Å²) in [7, 11) is 9.78. The van der Waals surface area contributed by atoms with Crippen molar-refractivity contribution < 1.29 is 27.2 Å². The Bertz CT molecular complexity index is 942. The van der Waals surface area contributed by atoms with Gasteiger partial charge in [-0.2, -0.15) is 0 Å². The predicted octanol–water partition coefficient (Wildman–Crippen LogP) is 6.76. The Balaban J connectivity index is 0.000000941. The molecule has 3 rings (SSSR count). The summed E-state index contributed by atoms with van der Waals surface area (Å²) in [5.41, 5.74) is 4.16. The van der Waals surface area contributed by atoms with Gasteiger partial charge in [0, 0.05) is 22.6 Å². The van der Waals surface area contributed by atoms with Gasteiger partial charge in [-0.25, -0.2) is 0 Å². The molecule has 0 saturated heterocycles. The van der Waals surface area contributed by atoms with Crippen molar-refractivity contribution in [2.45, 2.75) is 13.8 Å². The van der Waals surface area contributed by atoms with Crippen LogP contribution in [0, 0.1) is 0 Å². The first kappa shape index (κ1) is 23.2. The molecule has 0 aliphatic heterocycles. The van der Waals surface area contributed by atoms with Crippen molar-refractivity contribution in [3.05, 3.63) is 83.9 Å². The first-order chi connectivity index (χ1) is 14.0. The van der Waals surface area contributed by atoms with Crippen molar-refractivity contribution in [2.75, 3.05) is 0 Å². The van der Waals surface area contributed by atoms with Gasteiger partial charge < -0.3 is 10.2 Å². The van der Waals surface area contributed by atoms with Crippen LogP contribution in [0.15, 0.2) is 82.8 Å². The van der Waals surface area contributed by atoms with Crippen LogP contribution < -0.4 is 0 Å². The van der Waals surface area contributed by atoms with Crippen LogP contribution in [0.25, 0.3) is 0 Å². The molecule has 0 aliphatic rings. The third-order valence-corrected chi connectivity index (χ3v) is 4.05. The maximum absolute atomic E-state index is 10.0. The quantitative estimate of drug-likeness (QED) is 0.332. The van der Waals surface area contributed by atoms with Crippen LogP contribution in [0.2, 0.25) is 0 Å². The van der Waals surface area contributed by atoms with E-state index in [9.17, 15) is 10.2 Å². The van der Waals surface area contributed by atoms with Gasteiger partial charge in [0.05, 0.1) is 11.4 Å². The molecule has 3 aromatic rings. The van der Waals surface area contributed by atoms with Gasteiger partial charge in [-0.3, -0.25) is 9.98 Å². The van der Waals surface area contributed by atoms with Crippen molar-refractivity contribution in [1.82, 2.24) is 0 Å². The molecule has 0 bridgehead atoms. The Morgan fingerprint density at radius 1 is 0.655 bits per heavy atom. The van der Waals surface area contributed by atoms with Crippen LogP contribution in [0.1, 0.15) is 25.0 Å². The van der Waals surface area contributed by atoms with E-state index in [1.807, 2.05) is 62.4 Å². The van der Waals surface area contributed by atoms with Crippen molar-refractivity contribution in [3.63, 3.8) is 0 Å². The first-order valence-electron chi connectivity index (χ1n) is 8.70. The average molecular weight is 463 g/mol. The third-order valence-electron chi connectivity index (χ3n) is 4.05. The fraction of sp³-hybridized carbons (Fsp3) is 0.0909. The molecule has 0 atom stereocenters. The van der Waals surface area contributed by atoms with Crippen LogP contribution in [0.3, 0.4) is 0 Å². The number of hydrogen-bond acceptors (Lipinski definition) is 4. The average Bonchev–Trinajstić information content (AvgIpc) is 2.70. The van der Waals surface area contributed by atoms with Crippen LogP contribution in [0.5, 0.6) is 11.5 Å². The van der Waals surface area contributed by atoms with Gasteiger partial charge in [0.15, 0.2) is 0 Å². The maximum atomic E-state index is 10.0. The molecule has 0 heterocycles. The fourth-order valence-electron chi connectivity index (χ4n) is 2.69. The number of rotatable bonds is 4. The van der Waals surface area contributed by atoms with E-state index >= 15 is 0 Å². The minimum absolute atomic E-state index is 0.195. The summed E-state index contributed by atoms with van der Waals surface area (Å²) < 4.78 is 0. The summed E-state index contributed by atoms with van der Waals surface area (Å²) in [5, 5.41) is 20.0. The number of para-hydroxylation sites is 4.